The van der Waals surface area contributed by atoms with Gasteiger partial charge >= 0.3 is 6.09 Å². The average Bonchev–Trinajstić information content (AvgIpc) is 2.96. The van der Waals surface area contributed by atoms with Crippen LogP contribution in [0.5, 0.6) is 0 Å². The van der Waals surface area contributed by atoms with Gasteiger partial charge in [0.25, 0.3) is 0 Å². The summed E-state index contributed by atoms with van der Waals surface area (Å²) in [5.74, 6) is 0.807. The minimum atomic E-state index is -0.126. The molecule has 4 heterocycles. The normalized spacial score (nSPS) is 35.3. The number of rotatable bonds is 2. The molecule has 3 unspecified atom stereocenters. The van der Waals surface area contributed by atoms with E-state index in [-0.39, 0.29) is 17.4 Å². The van der Waals surface area contributed by atoms with Crippen LogP contribution in [0.1, 0.15) is 45.4 Å². The molecule has 3 atom stereocenters. The van der Waals surface area contributed by atoms with E-state index in [0.29, 0.717) is 31.0 Å². The molecule has 5 rings (SSSR count). The van der Waals surface area contributed by atoms with Crippen LogP contribution in [0.3, 0.4) is 0 Å². The first-order valence-corrected chi connectivity index (χ1v) is 9.54. The summed E-state index contributed by atoms with van der Waals surface area (Å²) in [6.07, 6.45) is 6.28. The molecule has 6 nitrogen and oxygen atoms in total. The highest BCUT2D eigenvalue weighted by Gasteiger charge is 2.47. The Kier molecular flexibility index (Phi) is 4.19. The highest BCUT2D eigenvalue weighted by molar-refractivity contribution is 5.79. The lowest BCUT2D eigenvalue weighted by molar-refractivity contribution is -0.120. The lowest BCUT2D eigenvalue weighted by Crippen LogP contribution is -2.61. The predicted octanol–water partition coefficient (Wildman–Crippen LogP) is 1.60. The Balaban J connectivity index is 1.36. The number of carbonyl (C=O) groups is 2. The van der Waals surface area contributed by atoms with Gasteiger partial charge in [0.05, 0.1) is 6.61 Å². The second-order valence-electron chi connectivity index (χ2n) is 8.14. The van der Waals surface area contributed by atoms with Crippen molar-refractivity contribution in [2.24, 2.45) is 11.3 Å². The third-order valence-electron chi connectivity index (χ3n) is 6.83. The van der Waals surface area contributed by atoms with Crippen molar-refractivity contribution in [3.05, 3.63) is 0 Å². The van der Waals surface area contributed by atoms with E-state index in [1.165, 1.54) is 6.42 Å². The molecule has 0 aromatic rings. The molecule has 5 fully saturated rings. The molecule has 0 aromatic carbocycles. The number of fused-ring (bicyclic) bond motifs is 3. The van der Waals surface area contributed by atoms with E-state index in [9.17, 15) is 9.59 Å². The fourth-order valence-corrected chi connectivity index (χ4v) is 5.40. The third kappa shape index (κ3) is 2.79. The van der Waals surface area contributed by atoms with Crippen LogP contribution in [0, 0.1) is 11.3 Å². The number of nitrogens with zero attached hydrogens (tertiary/aromatic N) is 2. The number of likely N-dealkylation sites (tertiary alicyclic amines) is 1. The maximum absolute atomic E-state index is 12.1. The maximum Gasteiger partial charge on any atom is 0.410 e. The Morgan fingerprint density at radius 1 is 1.33 bits per heavy atom. The van der Waals surface area contributed by atoms with Crippen molar-refractivity contribution in [1.29, 1.82) is 0 Å². The summed E-state index contributed by atoms with van der Waals surface area (Å²) in [5.41, 5.74) is 0.220. The predicted molar refractivity (Wildman–Crippen MR) is 89.5 cm³/mol. The van der Waals surface area contributed by atoms with Gasteiger partial charge in [-0.05, 0) is 63.5 Å². The summed E-state index contributed by atoms with van der Waals surface area (Å²) < 4.78 is 5.22. The molecular weight excluding hydrogens is 306 g/mol. The number of amides is 2. The molecule has 2 amide bonds. The van der Waals surface area contributed by atoms with Crippen molar-refractivity contribution >= 4 is 12.0 Å². The van der Waals surface area contributed by atoms with Crippen LogP contribution in [-0.2, 0) is 9.53 Å². The zero-order chi connectivity index (χ0) is 16.7. The molecule has 5 aliphatic rings. The van der Waals surface area contributed by atoms with Gasteiger partial charge in [0.2, 0.25) is 5.91 Å². The van der Waals surface area contributed by atoms with Gasteiger partial charge in [0.15, 0.2) is 0 Å². The van der Waals surface area contributed by atoms with Gasteiger partial charge in [-0.3, -0.25) is 9.69 Å². The van der Waals surface area contributed by atoms with Crippen LogP contribution in [-0.4, -0.2) is 66.7 Å². The van der Waals surface area contributed by atoms with Crippen molar-refractivity contribution in [3.8, 4) is 0 Å². The molecule has 4 saturated heterocycles. The Morgan fingerprint density at radius 2 is 2.12 bits per heavy atom. The van der Waals surface area contributed by atoms with Gasteiger partial charge in [0.1, 0.15) is 0 Å². The van der Waals surface area contributed by atoms with Gasteiger partial charge < -0.3 is 15.0 Å². The van der Waals surface area contributed by atoms with Crippen LogP contribution in [0.25, 0.3) is 0 Å². The van der Waals surface area contributed by atoms with E-state index in [0.717, 1.165) is 51.9 Å². The number of hydrogen-bond donors (Lipinski definition) is 1. The number of nitrogens with one attached hydrogen (secondary N) is 1. The fraction of sp³-hybridized carbons (Fsp3) is 0.889. The minimum Gasteiger partial charge on any atom is -0.450 e. The van der Waals surface area contributed by atoms with Gasteiger partial charge in [-0.25, -0.2) is 4.79 Å². The van der Waals surface area contributed by atoms with E-state index < -0.39 is 0 Å². The molecular formula is C18H29N3O3. The van der Waals surface area contributed by atoms with Crippen molar-refractivity contribution < 1.29 is 14.3 Å². The summed E-state index contributed by atoms with van der Waals surface area (Å²) in [7, 11) is 0. The fourth-order valence-electron chi connectivity index (χ4n) is 5.40. The average molecular weight is 335 g/mol. The molecule has 0 aromatic heterocycles. The second kappa shape index (κ2) is 6.21. The summed E-state index contributed by atoms with van der Waals surface area (Å²) in [6, 6.07) is 0.960. The maximum atomic E-state index is 12.1. The number of hydrogen-bond acceptors (Lipinski definition) is 4. The molecule has 1 aliphatic carbocycles. The topological polar surface area (TPSA) is 61.9 Å². The Bertz CT molecular complexity index is 516. The van der Waals surface area contributed by atoms with Crippen LogP contribution in [0.4, 0.5) is 4.79 Å². The standard InChI is InChI=1S/C18H29N3O3/c1-2-24-17(23)21-11-13-3-4-14(21)9-15(13)20-7-5-18(6-8-20)10-16(22)19-12-18/h13-15H,2-12H2,1H3,(H,19,22). The van der Waals surface area contributed by atoms with Crippen molar-refractivity contribution in [1.82, 2.24) is 15.1 Å². The van der Waals surface area contributed by atoms with Crippen LogP contribution in [0.2, 0.25) is 0 Å². The third-order valence-corrected chi connectivity index (χ3v) is 6.83. The first-order chi connectivity index (χ1) is 11.6. The molecule has 1 saturated carbocycles. The van der Waals surface area contributed by atoms with Gasteiger partial charge in [-0.1, -0.05) is 0 Å². The molecule has 0 radical (unpaired) electrons. The molecule has 1 spiro atoms. The quantitative estimate of drug-likeness (QED) is 0.833. The Hall–Kier alpha value is -1.30. The Labute approximate surface area is 143 Å². The minimum absolute atomic E-state index is 0.126. The highest BCUT2D eigenvalue weighted by atomic mass is 16.6. The van der Waals surface area contributed by atoms with E-state index in [1.807, 2.05) is 11.8 Å². The van der Waals surface area contributed by atoms with E-state index >= 15 is 0 Å². The SMILES string of the molecule is CCOC(=O)N1CC2CCC1CC2N1CCC2(CC1)CNC(=O)C2. The van der Waals surface area contributed by atoms with E-state index in [1.54, 1.807) is 0 Å². The monoisotopic (exact) mass is 335 g/mol. The molecule has 1 N–H and O–H groups in total. The van der Waals surface area contributed by atoms with Gasteiger partial charge in [-0.2, -0.15) is 0 Å². The zero-order valence-electron chi connectivity index (χ0n) is 14.6. The molecule has 134 valence electrons. The molecule has 2 bridgehead atoms. The van der Waals surface area contributed by atoms with Crippen LogP contribution < -0.4 is 5.32 Å². The van der Waals surface area contributed by atoms with Crippen molar-refractivity contribution in [3.63, 3.8) is 0 Å². The summed E-state index contributed by atoms with van der Waals surface area (Å²) in [4.78, 5) is 28.3. The lowest BCUT2D eigenvalue weighted by Gasteiger charge is -2.53. The smallest absolute Gasteiger partial charge is 0.410 e. The highest BCUT2D eigenvalue weighted by Crippen LogP contribution is 2.43. The summed E-state index contributed by atoms with van der Waals surface area (Å²) in [5, 5.41) is 3.02. The first-order valence-electron chi connectivity index (χ1n) is 9.54. The van der Waals surface area contributed by atoms with Gasteiger partial charge in [0, 0.05) is 31.6 Å². The van der Waals surface area contributed by atoms with E-state index in [2.05, 4.69) is 10.2 Å². The number of piperidine rings is 3. The largest absolute Gasteiger partial charge is 0.450 e. The van der Waals surface area contributed by atoms with E-state index in [4.69, 9.17) is 4.74 Å². The number of ether oxygens (including phenoxy) is 1. The van der Waals surface area contributed by atoms with Crippen LogP contribution in [0.15, 0.2) is 0 Å². The Morgan fingerprint density at radius 3 is 2.71 bits per heavy atom. The lowest BCUT2D eigenvalue weighted by atomic mass is 9.72. The van der Waals surface area contributed by atoms with Gasteiger partial charge in [-0.15, -0.1) is 0 Å². The molecule has 6 heteroatoms. The number of carbonyl (C=O) groups excluding carboxylic acids is 2. The summed E-state index contributed by atoms with van der Waals surface area (Å²) in [6.45, 7) is 6.25. The first kappa shape index (κ1) is 16.2. The van der Waals surface area contributed by atoms with Crippen LogP contribution >= 0.6 is 0 Å². The summed E-state index contributed by atoms with van der Waals surface area (Å²) >= 11 is 0. The zero-order valence-corrected chi connectivity index (χ0v) is 14.6. The molecule has 24 heavy (non-hydrogen) atoms. The van der Waals surface area contributed by atoms with Crippen molar-refractivity contribution in [2.75, 3.05) is 32.8 Å². The second-order valence-corrected chi connectivity index (χ2v) is 8.14. The molecule has 4 aliphatic heterocycles. The van der Waals surface area contributed by atoms with Crippen molar-refractivity contribution in [2.45, 2.75) is 57.5 Å².